The fraction of sp³-hybridized carbons (Fsp3) is 0.300. The van der Waals surface area contributed by atoms with Gasteiger partial charge in [-0.3, -0.25) is 0 Å². The predicted octanol–water partition coefficient (Wildman–Crippen LogP) is 2.79. The van der Waals surface area contributed by atoms with Gasteiger partial charge in [-0.2, -0.15) is 13.2 Å². The molecule has 0 fully saturated rings. The summed E-state index contributed by atoms with van der Waals surface area (Å²) in [6, 6.07) is 4.82. The highest BCUT2D eigenvalue weighted by Gasteiger charge is 2.29. The second kappa shape index (κ2) is 5.16. The number of alkyl halides is 3. The molecule has 0 bridgehead atoms. The van der Waals surface area contributed by atoms with Crippen molar-refractivity contribution >= 4 is 22.9 Å². The molecule has 88 valence electrons. The van der Waals surface area contributed by atoms with E-state index in [4.69, 9.17) is 5.73 Å². The molecule has 6 heteroatoms. The van der Waals surface area contributed by atoms with E-state index in [-0.39, 0.29) is 0 Å². The molecule has 0 atom stereocenters. The van der Waals surface area contributed by atoms with Crippen LogP contribution in [0.5, 0.6) is 0 Å². The van der Waals surface area contributed by atoms with Crippen LogP contribution in [-0.2, 0) is 6.18 Å². The molecule has 1 rings (SSSR count). The van der Waals surface area contributed by atoms with Gasteiger partial charge in [0, 0.05) is 18.7 Å². The average molecular weight is 248 g/mol. The Kier molecular flexibility index (Phi) is 4.12. The number of anilines is 1. The van der Waals surface area contributed by atoms with Crippen molar-refractivity contribution < 1.29 is 13.2 Å². The first kappa shape index (κ1) is 12.8. The highest BCUT2D eigenvalue weighted by molar-refractivity contribution is 7.80. The largest absolute Gasteiger partial charge is 0.416 e. The molecular formula is C10H11F3N2S. The highest BCUT2D eigenvalue weighted by atomic mass is 32.1. The average Bonchev–Trinajstić information content (AvgIpc) is 2.16. The van der Waals surface area contributed by atoms with Crippen molar-refractivity contribution in [2.75, 3.05) is 11.9 Å². The summed E-state index contributed by atoms with van der Waals surface area (Å²) in [6.45, 7) is 0.515. The SMILES string of the molecule is NC(=S)CCNc1ccc(C(F)(F)F)cc1. The first-order chi connectivity index (χ1) is 7.39. The molecule has 0 aliphatic heterocycles. The standard InChI is InChI=1S/C10H11F3N2S/c11-10(12,13)7-1-3-8(4-2-7)15-6-5-9(14)16/h1-4,15H,5-6H2,(H2,14,16). The van der Waals surface area contributed by atoms with E-state index in [9.17, 15) is 13.2 Å². The van der Waals surface area contributed by atoms with Crippen LogP contribution in [0.25, 0.3) is 0 Å². The molecule has 3 N–H and O–H groups in total. The summed E-state index contributed by atoms with van der Waals surface area (Å²) in [5.41, 5.74) is 5.24. The van der Waals surface area contributed by atoms with Crippen LogP contribution in [0, 0.1) is 0 Å². The Morgan fingerprint density at radius 3 is 2.25 bits per heavy atom. The van der Waals surface area contributed by atoms with E-state index in [0.29, 0.717) is 23.6 Å². The highest BCUT2D eigenvalue weighted by Crippen LogP contribution is 2.29. The molecule has 2 nitrogen and oxygen atoms in total. The number of nitrogens with two attached hydrogens (primary N) is 1. The summed E-state index contributed by atoms with van der Waals surface area (Å²) in [5.74, 6) is 0. The zero-order valence-corrected chi connectivity index (χ0v) is 9.16. The van der Waals surface area contributed by atoms with Crippen molar-refractivity contribution in [1.29, 1.82) is 0 Å². The number of nitrogens with one attached hydrogen (secondary N) is 1. The molecule has 0 spiro atoms. The minimum Gasteiger partial charge on any atom is -0.393 e. The molecule has 0 aromatic heterocycles. The smallest absolute Gasteiger partial charge is 0.393 e. The van der Waals surface area contributed by atoms with Crippen molar-refractivity contribution in [2.45, 2.75) is 12.6 Å². The van der Waals surface area contributed by atoms with Gasteiger partial charge >= 0.3 is 6.18 Å². The molecule has 0 saturated carbocycles. The Balaban J connectivity index is 2.55. The zero-order valence-electron chi connectivity index (χ0n) is 8.34. The summed E-state index contributed by atoms with van der Waals surface area (Å²) in [5, 5.41) is 2.92. The monoisotopic (exact) mass is 248 g/mol. The van der Waals surface area contributed by atoms with Gasteiger partial charge in [0.25, 0.3) is 0 Å². The predicted molar refractivity (Wildman–Crippen MR) is 61.3 cm³/mol. The van der Waals surface area contributed by atoms with Crippen LogP contribution in [0.4, 0.5) is 18.9 Å². The first-order valence-electron chi connectivity index (χ1n) is 4.59. The lowest BCUT2D eigenvalue weighted by molar-refractivity contribution is -0.137. The Hall–Kier alpha value is -1.30. The van der Waals surface area contributed by atoms with Crippen LogP contribution in [-0.4, -0.2) is 11.5 Å². The van der Waals surface area contributed by atoms with Crippen molar-refractivity contribution in [3.8, 4) is 0 Å². The molecule has 0 heterocycles. The fourth-order valence-electron chi connectivity index (χ4n) is 1.11. The van der Waals surface area contributed by atoms with Gasteiger partial charge in [0.15, 0.2) is 0 Å². The Morgan fingerprint density at radius 1 is 1.25 bits per heavy atom. The van der Waals surface area contributed by atoms with Crippen molar-refractivity contribution in [3.63, 3.8) is 0 Å². The van der Waals surface area contributed by atoms with Crippen LogP contribution in [0.2, 0.25) is 0 Å². The third kappa shape index (κ3) is 4.06. The lowest BCUT2D eigenvalue weighted by atomic mass is 10.2. The maximum Gasteiger partial charge on any atom is 0.416 e. The topological polar surface area (TPSA) is 38.0 Å². The van der Waals surface area contributed by atoms with Gasteiger partial charge in [-0.1, -0.05) is 12.2 Å². The Labute approximate surface area is 96.6 Å². The first-order valence-corrected chi connectivity index (χ1v) is 5.00. The summed E-state index contributed by atoms with van der Waals surface area (Å²) in [6.07, 6.45) is -3.78. The minimum atomic E-state index is -4.29. The number of hydrogen-bond acceptors (Lipinski definition) is 2. The number of benzene rings is 1. The summed E-state index contributed by atoms with van der Waals surface area (Å²) >= 11 is 4.67. The maximum atomic E-state index is 12.2. The van der Waals surface area contributed by atoms with E-state index in [1.54, 1.807) is 0 Å². The summed E-state index contributed by atoms with van der Waals surface area (Å²) in [4.78, 5) is 0.374. The Bertz CT molecular complexity index is 359. The third-order valence-corrected chi connectivity index (χ3v) is 2.12. The molecule has 0 saturated heterocycles. The van der Waals surface area contributed by atoms with E-state index in [1.165, 1.54) is 12.1 Å². The number of rotatable bonds is 4. The Morgan fingerprint density at radius 2 is 1.81 bits per heavy atom. The van der Waals surface area contributed by atoms with E-state index >= 15 is 0 Å². The molecule has 1 aromatic rings. The summed E-state index contributed by atoms with van der Waals surface area (Å²) < 4.78 is 36.7. The van der Waals surface area contributed by atoms with Crippen LogP contribution < -0.4 is 11.1 Å². The number of halogens is 3. The van der Waals surface area contributed by atoms with Gasteiger partial charge < -0.3 is 11.1 Å². The molecule has 1 aromatic carbocycles. The van der Waals surface area contributed by atoms with E-state index in [2.05, 4.69) is 17.5 Å². The second-order valence-corrected chi connectivity index (χ2v) is 3.74. The normalized spacial score (nSPS) is 11.2. The van der Waals surface area contributed by atoms with Crippen LogP contribution >= 0.6 is 12.2 Å². The van der Waals surface area contributed by atoms with Crippen molar-refractivity contribution in [1.82, 2.24) is 0 Å². The van der Waals surface area contributed by atoms with Crippen molar-refractivity contribution in [2.24, 2.45) is 5.73 Å². The van der Waals surface area contributed by atoms with E-state index < -0.39 is 11.7 Å². The number of thiocarbonyl (C=S) groups is 1. The van der Waals surface area contributed by atoms with Gasteiger partial charge in [0.1, 0.15) is 0 Å². The summed E-state index contributed by atoms with van der Waals surface area (Å²) in [7, 11) is 0. The molecular weight excluding hydrogens is 237 g/mol. The van der Waals surface area contributed by atoms with Crippen molar-refractivity contribution in [3.05, 3.63) is 29.8 Å². The molecule has 0 aliphatic rings. The minimum absolute atomic E-state index is 0.374. The van der Waals surface area contributed by atoms with Gasteiger partial charge in [-0.05, 0) is 24.3 Å². The molecule has 16 heavy (non-hydrogen) atoms. The lowest BCUT2D eigenvalue weighted by Crippen LogP contribution is -2.14. The van der Waals surface area contributed by atoms with Gasteiger partial charge in [-0.25, -0.2) is 0 Å². The van der Waals surface area contributed by atoms with Gasteiger partial charge in [0.05, 0.1) is 10.6 Å². The quantitative estimate of drug-likeness (QED) is 0.805. The fourth-order valence-corrected chi connectivity index (χ4v) is 1.21. The third-order valence-electron chi connectivity index (χ3n) is 1.91. The van der Waals surface area contributed by atoms with Crippen LogP contribution in [0.3, 0.4) is 0 Å². The molecule has 0 aliphatic carbocycles. The molecule has 0 amide bonds. The zero-order chi connectivity index (χ0) is 12.2. The van der Waals surface area contributed by atoms with E-state index in [0.717, 1.165) is 12.1 Å². The maximum absolute atomic E-state index is 12.2. The van der Waals surface area contributed by atoms with Gasteiger partial charge in [0.2, 0.25) is 0 Å². The molecule has 0 unspecified atom stereocenters. The van der Waals surface area contributed by atoms with Gasteiger partial charge in [-0.15, -0.1) is 0 Å². The second-order valence-electron chi connectivity index (χ2n) is 3.22. The van der Waals surface area contributed by atoms with Crippen LogP contribution in [0.1, 0.15) is 12.0 Å². The number of hydrogen-bond donors (Lipinski definition) is 2. The lowest BCUT2D eigenvalue weighted by Gasteiger charge is -2.09. The molecule has 0 radical (unpaired) electrons. The van der Waals surface area contributed by atoms with Crippen LogP contribution in [0.15, 0.2) is 24.3 Å². The van der Waals surface area contributed by atoms with E-state index in [1.807, 2.05) is 0 Å².